The first kappa shape index (κ1) is 17.0. The fraction of sp³-hybridized carbons (Fsp3) is 0.357. The quantitative estimate of drug-likeness (QED) is 0.634. The molecule has 0 heterocycles. The number of hydrogen-bond donors (Lipinski definition) is 3. The summed E-state index contributed by atoms with van der Waals surface area (Å²) >= 11 is 1.24. The number of hydrogen-bond acceptors (Lipinski definition) is 4. The third kappa shape index (κ3) is 6.80. The van der Waals surface area contributed by atoms with Gasteiger partial charge in [0.1, 0.15) is 0 Å². The molecule has 1 aromatic rings. The Morgan fingerprint density at radius 3 is 2.71 bits per heavy atom. The van der Waals surface area contributed by atoms with Crippen LogP contribution < -0.4 is 10.6 Å². The molecule has 7 heteroatoms. The monoisotopic (exact) mass is 310 g/mol. The van der Waals surface area contributed by atoms with E-state index in [2.05, 4.69) is 10.6 Å². The lowest BCUT2D eigenvalue weighted by Gasteiger charge is -2.07. The Morgan fingerprint density at radius 2 is 2.05 bits per heavy atom. The van der Waals surface area contributed by atoms with E-state index < -0.39 is 5.97 Å². The second-order valence-corrected chi connectivity index (χ2v) is 5.29. The molecule has 3 N–H and O–H groups in total. The van der Waals surface area contributed by atoms with E-state index in [0.29, 0.717) is 30.0 Å². The molecule has 0 atom stereocenters. The first-order chi connectivity index (χ1) is 10.0. The van der Waals surface area contributed by atoms with Gasteiger partial charge in [-0.1, -0.05) is 13.0 Å². The molecule has 0 saturated carbocycles. The number of nitrogens with one attached hydrogen (secondary N) is 2. The first-order valence-electron chi connectivity index (χ1n) is 6.50. The minimum Gasteiger partial charge on any atom is -0.481 e. The average molecular weight is 310 g/mol. The lowest BCUT2D eigenvalue weighted by atomic mass is 10.2. The van der Waals surface area contributed by atoms with Crippen LogP contribution in [0.4, 0.5) is 5.69 Å². The molecule has 2 amide bonds. The van der Waals surface area contributed by atoms with Crippen molar-refractivity contribution in [2.75, 3.05) is 23.4 Å². The Hall–Kier alpha value is -2.02. The van der Waals surface area contributed by atoms with E-state index in [1.165, 1.54) is 11.8 Å². The van der Waals surface area contributed by atoms with Crippen LogP contribution in [0.5, 0.6) is 0 Å². The number of rotatable bonds is 8. The molecule has 0 spiro atoms. The van der Waals surface area contributed by atoms with Gasteiger partial charge in [0.25, 0.3) is 5.91 Å². The van der Waals surface area contributed by atoms with Gasteiger partial charge in [-0.25, -0.2) is 0 Å². The van der Waals surface area contributed by atoms with E-state index in [4.69, 9.17) is 5.11 Å². The van der Waals surface area contributed by atoms with Crippen molar-refractivity contribution >= 4 is 35.2 Å². The molecule has 0 aliphatic heterocycles. The molecule has 0 bridgehead atoms. The van der Waals surface area contributed by atoms with E-state index in [1.807, 2.05) is 0 Å². The van der Waals surface area contributed by atoms with E-state index in [0.717, 1.165) is 0 Å². The highest BCUT2D eigenvalue weighted by Gasteiger charge is 2.07. The van der Waals surface area contributed by atoms with E-state index in [1.54, 1.807) is 31.2 Å². The van der Waals surface area contributed by atoms with Gasteiger partial charge in [0, 0.05) is 30.0 Å². The van der Waals surface area contributed by atoms with Crippen molar-refractivity contribution in [3.05, 3.63) is 29.8 Å². The van der Waals surface area contributed by atoms with Crippen molar-refractivity contribution in [2.24, 2.45) is 0 Å². The molecule has 114 valence electrons. The third-order valence-electron chi connectivity index (χ3n) is 2.49. The Labute approximate surface area is 127 Å². The standard InChI is InChI=1S/C14H18N2O4S/c1-2-12(17)16-11-5-3-4-10(8-11)14(20)15-6-7-21-9-13(18)19/h3-5,8H,2,6-7,9H2,1H3,(H,15,20)(H,16,17)(H,18,19). The van der Waals surface area contributed by atoms with Gasteiger partial charge in [0.15, 0.2) is 0 Å². The van der Waals surface area contributed by atoms with Gasteiger partial charge in [-0.2, -0.15) is 0 Å². The Balaban J connectivity index is 2.45. The van der Waals surface area contributed by atoms with Gasteiger partial charge in [0.2, 0.25) is 5.91 Å². The highest BCUT2D eigenvalue weighted by atomic mass is 32.2. The van der Waals surface area contributed by atoms with E-state index in [9.17, 15) is 14.4 Å². The number of carboxylic acids is 1. The van der Waals surface area contributed by atoms with Crippen LogP contribution >= 0.6 is 11.8 Å². The maximum atomic E-state index is 11.9. The number of aliphatic carboxylic acids is 1. The Bertz CT molecular complexity index is 519. The number of amides is 2. The normalized spacial score (nSPS) is 9.95. The summed E-state index contributed by atoms with van der Waals surface area (Å²) in [4.78, 5) is 33.5. The Morgan fingerprint density at radius 1 is 1.29 bits per heavy atom. The SMILES string of the molecule is CCC(=O)Nc1cccc(C(=O)NCCSCC(=O)O)c1. The maximum Gasteiger partial charge on any atom is 0.313 e. The molecular formula is C14H18N2O4S. The maximum absolute atomic E-state index is 11.9. The zero-order valence-electron chi connectivity index (χ0n) is 11.7. The molecule has 6 nitrogen and oxygen atoms in total. The van der Waals surface area contributed by atoms with Gasteiger partial charge in [0.05, 0.1) is 5.75 Å². The number of anilines is 1. The molecule has 0 saturated heterocycles. The van der Waals surface area contributed by atoms with Gasteiger partial charge in [-0.3, -0.25) is 14.4 Å². The highest BCUT2D eigenvalue weighted by molar-refractivity contribution is 7.99. The van der Waals surface area contributed by atoms with Crippen molar-refractivity contribution in [3.8, 4) is 0 Å². The minimum atomic E-state index is -0.870. The predicted octanol–water partition coefficient (Wildman–Crippen LogP) is 1.58. The molecule has 0 aromatic heterocycles. The topological polar surface area (TPSA) is 95.5 Å². The average Bonchev–Trinajstić information content (AvgIpc) is 2.46. The molecule has 0 radical (unpaired) electrons. The second-order valence-electron chi connectivity index (χ2n) is 4.18. The van der Waals surface area contributed by atoms with E-state index >= 15 is 0 Å². The number of carboxylic acid groups (broad SMARTS) is 1. The minimum absolute atomic E-state index is 0.0222. The first-order valence-corrected chi connectivity index (χ1v) is 7.66. The highest BCUT2D eigenvalue weighted by Crippen LogP contribution is 2.11. The second kappa shape index (κ2) is 9.02. The van der Waals surface area contributed by atoms with Crippen molar-refractivity contribution in [1.82, 2.24) is 5.32 Å². The van der Waals surface area contributed by atoms with Crippen LogP contribution in [-0.2, 0) is 9.59 Å². The molecule has 1 rings (SSSR count). The third-order valence-corrected chi connectivity index (χ3v) is 3.43. The molecule has 0 aliphatic rings. The molecular weight excluding hydrogens is 292 g/mol. The zero-order valence-corrected chi connectivity index (χ0v) is 12.5. The van der Waals surface area contributed by atoms with Crippen molar-refractivity contribution in [3.63, 3.8) is 0 Å². The molecule has 1 aromatic carbocycles. The van der Waals surface area contributed by atoms with Crippen LogP contribution in [-0.4, -0.2) is 40.9 Å². The van der Waals surface area contributed by atoms with Crippen LogP contribution in [0.15, 0.2) is 24.3 Å². The van der Waals surface area contributed by atoms with Crippen LogP contribution in [0.1, 0.15) is 23.7 Å². The fourth-order valence-electron chi connectivity index (χ4n) is 1.49. The molecule has 0 aliphatic carbocycles. The van der Waals surface area contributed by atoms with Gasteiger partial charge in [-0.15, -0.1) is 11.8 Å². The summed E-state index contributed by atoms with van der Waals surface area (Å²) in [7, 11) is 0. The lowest BCUT2D eigenvalue weighted by molar-refractivity contribution is -0.133. The zero-order chi connectivity index (χ0) is 15.7. The fourth-order valence-corrected chi connectivity index (χ4v) is 2.05. The molecule has 21 heavy (non-hydrogen) atoms. The summed E-state index contributed by atoms with van der Waals surface area (Å²) in [5.74, 6) is -0.680. The number of carbonyl (C=O) groups excluding carboxylic acids is 2. The number of carbonyl (C=O) groups is 3. The predicted molar refractivity (Wildman–Crippen MR) is 82.7 cm³/mol. The van der Waals surface area contributed by atoms with Gasteiger partial charge in [-0.05, 0) is 18.2 Å². The number of benzene rings is 1. The summed E-state index contributed by atoms with van der Waals surface area (Å²) in [5, 5.41) is 13.9. The smallest absolute Gasteiger partial charge is 0.313 e. The Kier molecular flexibility index (Phi) is 7.31. The van der Waals surface area contributed by atoms with E-state index in [-0.39, 0.29) is 17.6 Å². The van der Waals surface area contributed by atoms with Crippen molar-refractivity contribution in [1.29, 1.82) is 0 Å². The summed E-state index contributed by atoms with van der Waals surface area (Å²) in [5.41, 5.74) is 1.03. The van der Waals surface area contributed by atoms with Crippen LogP contribution in [0.2, 0.25) is 0 Å². The summed E-state index contributed by atoms with van der Waals surface area (Å²) in [6.45, 7) is 2.14. The molecule has 0 fully saturated rings. The largest absolute Gasteiger partial charge is 0.481 e. The number of thioether (sulfide) groups is 1. The molecule has 0 unspecified atom stereocenters. The van der Waals surface area contributed by atoms with Gasteiger partial charge < -0.3 is 15.7 Å². The summed E-state index contributed by atoms with van der Waals surface area (Å²) in [6, 6.07) is 6.67. The lowest BCUT2D eigenvalue weighted by Crippen LogP contribution is -2.26. The van der Waals surface area contributed by atoms with Crippen LogP contribution in [0.3, 0.4) is 0 Å². The summed E-state index contributed by atoms with van der Waals surface area (Å²) < 4.78 is 0. The van der Waals surface area contributed by atoms with Crippen molar-refractivity contribution < 1.29 is 19.5 Å². The van der Waals surface area contributed by atoms with Gasteiger partial charge >= 0.3 is 5.97 Å². The van der Waals surface area contributed by atoms with Crippen LogP contribution in [0, 0.1) is 0 Å². The van der Waals surface area contributed by atoms with Crippen molar-refractivity contribution in [2.45, 2.75) is 13.3 Å². The van der Waals surface area contributed by atoms with Crippen LogP contribution in [0.25, 0.3) is 0 Å². The summed E-state index contributed by atoms with van der Waals surface area (Å²) in [6.07, 6.45) is 0.372.